The third kappa shape index (κ3) is 6.23. The van der Waals surface area contributed by atoms with Gasteiger partial charge in [-0.1, -0.05) is 43.3 Å². The van der Waals surface area contributed by atoms with Gasteiger partial charge in [-0.15, -0.1) is 0 Å². The number of thiol groups is 1. The lowest BCUT2D eigenvalue weighted by atomic mass is 9.94. The summed E-state index contributed by atoms with van der Waals surface area (Å²) in [7, 11) is 0. The summed E-state index contributed by atoms with van der Waals surface area (Å²) in [5.74, 6) is -1.49. The molecule has 1 unspecified atom stereocenters. The summed E-state index contributed by atoms with van der Waals surface area (Å²) in [6.07, 6.45) is 0.855. The van der Waals surface area contributed by atoms with Gasteiger partial charge in [0.05, 0.1) is 4.92 Å². The number of rotatable bonds is 8. The monoisotopic (exact) mass is 513 g/mol. The van der Waals surface area contributed by atoms with E-state index in [1.165, 1.54) is 29.2 Å². The Balaban J connectivity index is 2.09. The van der Waals surface area contributed by atoms with E-state index in [1.807, 2.05) is 19.1 Å². The molecule has 0 aromatic heterocycles. The van der Waals surface area contributed by atoms with Crippen molar-refractivity contribution in [2.75, 3.05) is 5.75 Å². The SMILES string of the molecule is CCc1ccc(C(C(=O)OC(C)(C)C)N2C(=O)[C@H](CS)NC(=O)[C@@H]2Cc2ccc([N+](=O)[O-])cc2)cc1. The van der Waals surface area contributed by atoms with Crippen LogP contribution in [0, 0.1) is 10.1 Å². The van der Waals surface area contributed by atoms with Crippen LogP contribution in [0.25, 0.3) is 0 Å². The average Bonchev–Trinajstić information content (AvgIpc) is 2.82. The van der Waals surface area contributed by atoms with Crippen molar-refractivity contribution in [1.29, 1.82) is 0 Å². The Hall–Kier alpha value is -3.40. The van der Waals surface area contributed by atoms with Gasteiger partial charge in [0.25, 0.3) is 5.69 Å². The quantitative estimate of drug-likeness (QED) is 0.242. The number of nitro groups is 1. The fourth-order valence-corrected chi connectivity index (χ4v) is 4.34. The number of nitrogens with one attached hydrogen (secondary N) is 1. The molecule has 3 rings (SSSR count). The molecule has 0 saturated carbocycles. The van der Waals surface area contributed by atoms with Crippen LogP contribution in [0.4, 0.5) is 5.69 Å². The van der Waals surface area contributed by atoms with Crippen molar-refractivity contribution in [1.82, 2.24) is 10.2 Å². The fraction of sp³-hybridized carbons (Fsp3) is 0.423. The summed E-state index contributed by atoms with van der Waals surface area (Å²) >= 11 is 4.22. The number of aryl methyl sites for hydroxylation is 1. The van der Waals surface area contributed by atoms with E-state index in [1.54, 1.807) is 32.9 Å². The second-order valence-electron chi connectivity index (χ2n) is 9.66. The third-order valence-corrected chi connectivity index (χ3v) is 6.24. The zero-order chi connectivity index (χ0) is 26.6. The van der Waals surface area contributed by atoms with Crippen molar-refractivity contribution >= 4 is 36.1 Å². The van der Waals surface area contributed by atoms with Gasteiger partial charge in [-0.05, 0) is 43.9 Å². The predicted molar refractivity (Wildman–Crippen MR) is 138 cm³/mol. The minimum Gasteiger partial charge on any atom is -0.458 e. The molecular formula is C26H31N3O6S. The Labute approximate surface area is 215 Å². The highest BCUT2D eigenvalue weighted by atomic mass is 32.1. The van der Waals surface area contributed by atoms with Gasteiger partial charge in [0.2, 0.25) is 11.8 Å². The van der Waals surface area contributed by atoms with Crippen LogP contribution < -0.4 is 5.32 Å². The van der Waals surface area contributed by atoms with Gasteiger partial charge in [-0.25, -0.2) is 4.79 Å². The predicted octanol–water partition coefficient (Wildman–Crippen LogP) is 3.41. The minimum atomic E-state index is -1.17. The molecule has 0 bridgehead atoms. The molecule has 36 heavy (non-hydrogen) atoms. The zero-order valence-electron chi connectivity index (χ0n) is 20.8. The molecule has 0 aliphatic carbocycles. The summed E-state index contributed by atoms with van der Waals surface area (Å²) in [4.78, 5) is 52.2. The maximum Gasteiger partial charge on any atom is 0.334 e. The lowest BCUT2D eigenvalue weighted by Gasteiger charge is -2.43. The Kier molecular flexibility index (Phi) is 8.39. The fourth-order valence-electron chi connectivity index (χ4n) is 4.09. The van der Waals surface area contributed by atoms with Crippen LogP contribution >= 0.6 is 12.6 Å². The molecule has 0 spiro atoms. The molecule has 0 radical (unpaired) electrons. The largest absolute Gasteiger partial charge is 0.458 e. The minimum absolute atomic E-state index is 0.0567. The van der Waals surface area contributed by atoms with E-state index >= 15 is 0 Å². The number of hydrogen-bond donors (Lipinski definition) is 2. The summed E-state index contributed by atoms with van der Waals surface area (Å²) in [6.45, 7) is 7.21. The zero-order valence-corrected chi connectivity index (χ0v) is 21.7. The van der Waals surface area contributed by atoms with Crippen molar-refractivity contribution in [3.05, 3.63) is 75.3 Å². The van der Waals surface area contributed by atoms with Gasteiger partial charge in [-0.2, -0.15) is 12.6 Å². The number of esters is 1. The highest BCUT2D eigenvalue weighted by Gasteiger charge is 2.47. The van der Waals surface area contributed by atoms with Crippen molar-refractivity contribution in [2.24, 2.45) is 0 Å². The molecule has 1 aliphatic heterocycles. The standard InChI is InChI=1S/C26H31N3O6S/c1-5-16-6-10-18(11-7-16)22(25(32)35-26(2,3)4)28-21(23(30)27-20(15-36)24(28)31)14-17-8-12-19(13-9-17)29(33)34/h6-13,20-22,36H,5,14-15H2,1-4H3,(H,27,30)/t20-,21-,22?/m0/s1. The van der Waals surface area contributed by atoms with Crippen LogP contribution in [0.5, 0.6) is 0 Å². The van der Waals surface area contributed by atoms with Crippen LogP contribution in [0.15, 0.2) is 48.5 Å². The number of benzene rings is 2. The molecule has 192 valence electrons. The Bertz CT molecular complexity index is 1130. The van der Waals surface area contributed by atoms with Gasteiger partial charge in [0.1, 0.15) is 17.7 Å². The first-order chi connectivity index (χ1) is 16.9. The van der Waals surface area contributed by atoms with Crippen LogP contribution in [-0.2, 0) is 32.0 Å². The van der Waals surface area contributed by atoms with Gasteiger partial charge >= 0.3 is 5.97 Å². The molecule has 2 aromatic carbocycles. The van der Waals surface area contributed by atoms with Crippen molar-refractivity contribution in [3.63, 3.8) is 0 Å². The van der Waals surface area contributed by atoms with Crippen molar-refractivity contribution in [3.8, 4) is 0 Å². The summed E-state index contributed by atoms with van der Waals surface area (Å²) in [5.41, 5.74) is 1.28. The van der Waals surface area contributed by atoms with Crippen LogP contribution in [-0.4, -0.2) is 51.0 Å². The lowest BCUT2D eigenvalue weighted by molar-refractivity contribution is -0.384. The third-order valence-electron chi connectivity index (χ3n) is 5.88. The number of nitrogens with zero attached hydrogens (tertiary/aromatic N) is 2. The van der Waals surface area contributed by atoms with Crippen LogP contribution in [0.3, 0.4) is 0 Å². The van der Waals surface area contributed by atoms with E-state index in [4.69, 9.17) is 4.74 Å². The van der Waals surface area contributed by atoms with Gasteiger partial charge < -0.3 is 15.0 Å². The summed E-state index contributed by atoms with van der Waals surface area (Å²) in [6, 6.07) is 9.94. The van der Waals surface area contributed by atoms with E-state index in [9.17, 15) is 24.5 Å². The average molecular weight is 514 g/mol. The molecule has 1 N–H and O–H groups in total. The molecule has 2 amide bonds. The molecule has 3 atom stereocenters. The Morgan fingerprint density at radius 1 is 1.11 bits per heavy atom. The lowest BCUT2D eigenvalue weighted by Crippen LogP contribution is -2.66. The van der Waals surface area contributed by atoms with Crippen LogP contribution in [0.1, 0.15) is 50.4 Å². The van der Waals surface area contributed by atoms with Gasteiger partial charge in [0.15, 0.2) is 6.04 Å². The maximum absolute atomic E-state index is 13.6. The first kappa shape index (κ1) is 27.2. The molecular weight excluding hydrogens is 482 g/mol. The van der Waals surface area contributed by atoms with Gasteiger partial charge in [-0.3, -0.25) is 19.7 Å². The normalized spacial score (nSPS) is 19.0. The topological polar surface area (TPSA) is 119 Å². The molecule has 1 fully saturated rings. The van der Waals surface area contributed by atoms with E-state index in [0.29, 0.717) is 11.1 Å². The number of non-ortho nitro benzene ring substituents is 1. The second-order valence-corrected chi connectivity index (χ2v) is 10.0. The first-order valence-corrected chi connectivity index (χ1v) is 12.4. The molecule has 2 aromatic rings. The van der Waals surface area contributed by atoms with E-state index in [-0.39, 0.29) is 17.9 Å². The first-order valence-electron chi connectivity index (χ1n) is 11.7. The number of carbonyl (C=O) groups is 3. The summed E-state index contributed by atoms with van der Waals surface area (Å²) < 4.78 is 5.70. The number of amides is 2. The van der Waals surface area contributed by atoms with Gasteiger partial charge in [0, 0.05) is 24.3 Å². The Morgan fingerprint density at radius 3 is 2.19 bits per heavy atom. The molecule has 1 saturated heterocycles. The molecule has 9 nitrogen and oxygen atoms in total. The molecule has 1 aliphatic rings. The highest BCUT2D eigenvalue weighted by Crippen LogP contribution is 2.31. The maximum atomic E-state index is 13.6. The summed E-state index contributed by atoms with van der Waals surface area (Å²) in [5, 5.41) is 13.7. The number of piperazine rings is 1. The number of ether oxygens (including phenoxy) is 1. The Morgan fingerprint density at radius 2 is 1.69 bits per heavy atom. The van der Waals surface area contributed by atoms with E-state index in [0.717, 1.165) is 12.0 Å². The molecule has 10 heteroatoms. The van der Waals surface area contributed by atoms with Crippen molar-refractivity contribution in [2.45, 2.75) is 64.3 Å². The molecule has 1 heterocycles. The van der Waals surface area contributed by atoms with Crippen molar-refractivity contribution < 1.29 is 24.0 Å². The van der Waals surface area contributed by atoms with E-state index in [2.05, 4.69) is 17.9 Å². The number of carbonyl (C=O) groups excluding carboxylic acids is 3. The number of nitro benzene ring substituents is 1. The van der Waals surface area contributed by atoms with E-state index < -0.39 is 46.4 Å². The highest BCUT2D eigenvalue weighted by molar-refractivity contribution is 7.80. The smallest absolute Gasteiger partial charge is 0.334 e. The number of hydrogen-bond acceptors (Lipinski definition) is 7. The second kappa shape index (κ2) is 11.1. The van der Waals surface area contributed by atoms with Crippen LogP contribution in [0.2, 0.25) is 0 Å².